The highest BCUT2D eigenvalue weighted by atomic mass is 35.5. The molecular formula is C12H15ClN4O2. The van der Waals surface area contributed by atoms with E-state index in [1.165, 1.54) is 18.2 Å². The fourth-order valence-corrected chi connectivity index (χ4v) is 1.97. The van der Waals surface area contributed by atoms with Crippen molar-refractivity contribution < 1.29 is 4.92 Å². The fraction of sp³-hybridized carbons (Fsp3) is 0.417. The van der Waals surface area contributed by atoms with Crippen molar-refractivity contribution in [3.63, 3.8) is 0 Å². The molecule has 6 nitrogen and oxygen atoms in total. The van der Waals surface area contributed by atoms with Gasteiger partial charge in [-0.25, -0.2) is 0 Å². The lowest BCUT2D eigenvalue weighted by molar-refractivity contribution is -0.384. The number of rotatable bonds is 3. The molecule has 102 valence electrons. The molecule has 1 aliphatic rings. The minimum Gasteiger partial charge on any atom is -0.303 e. The molecule has 19 heavy (non-hydrogen) atoms. The Morgan fingerprint density at radius 3 is 2.68 bits per heavy atom. The number of nitrogens with zero attached hydrogens (tertiary/aromatic N) is 4. The summed E-state index contributed by atoms with van der Waals surface area (Å²) in [6.07, 6.45) is 1.58. The van der Waals surface area contributed by atoms with Gasteiger partial charge in [0.15, 0.2) is 0 Å². The second kappa shape index (κ2) is 5.99. The van der Waals surface area contributed by atoms with Crippen molar-refractivity contribution in [1.82, 2.24) is 9.91 Å². The molecule has 0 radical (unpaired) electrons. The third-order valence-electron chi connectivity index (χ3n) is 3.03. The van der Waals surface area contributed by atoms with E-state index in [0.717, 1.165) is 26.2 Å². The first-order chi connectivity index (χ1) is 9.06. The van der Waals surface area contributed by atoms with Crippen molar-refractivity contribution in [3.05, 3.63) is 38.9 Å². The average Bonchev–Trinajstić information content (AvgIpc) is 2.39. The van der Waals surface area contributed by atoms with Crippen LogP contribution in [-0.4, -0.2) is 54.3 Å². The van der Waals surface area contributed by atoms with E-state index in [0.29, 0.717) is 10.6 Å². The van der Waals surface area contributed by atoms with Crippen LogP contribution in [0, 0.1) is 10.1 Å². The smallest absolute Gasteiger partial charge is 0.270 e. The molecule has 0 atom stereocenters. The average molecular weight is 283 g/mol. The van der Waals surface area contributed by atoms with Gasteiger partial charge in [-0.2, -0.15) is 5.10 Å². The molecule has 1 aliphatic heterocycles. The predicted octanol–water partition coefficient (Wildman–Crippen LogP) is 1.83. The molecule has 1 aromatic rings. The molecule has 0 saturated carbocycles. The molecule has 2 rings (SSSR count). The maximum Gasteiger partial charge on any atom is 0.270 e. The van der Waals surface area contributed by atoms with Crippen LogP contribution in [-0.2, 0) is 0 Å². The number of nitro groups is 1. The standard InChI is InChI=1S/C12H15ClN4O2/c1-15-4-6-16(7-5-15)14-9-10-8-11(17(18)19)2-3-12(10)13/h2-3,8-9H,4-7H2,1H3/b14-9+. The van der Waals surface area contributed by atoms with Crippen LogP contribution in [0.4, 0.5) is 5.69 Å². The zero-order valence-electron chi connectivity index (χ0n) is 10.6. The molecular weight excluding hydrogens is 268 g/mol. The first kappa shape index (κ1) is 13.8. The zero-order chi connectivity index (χ0) is 13.8. The second-order valence-electron chi connectivity index (χ2n) is 4.46. The van der Waals surface area contributed by atoms with E-state index in [4.69, 9.17) is 11.6 Å². The summed E-state index contributed by atoms with van der Waals surface area (Å²) in [5.41, 5.74) is 0.582. The second-order valence-corrected chi connectivity index (χ2v) is 4.87. The van der Waals surface area contributed by atoms with Crippen LogP contribution >= 0.6 is 11.6 Å². The third kappa shape index (κ3) is 3.65. The van der Waals surface area contributed by atoms with E-state index in [2.05, 4.69) is 17.0 Å². The minimum atomic E-state index is -0.441. The molecule has 0 N–H and O–H groups in total. The lowest BCUT2D eigenvalue weighted by Crippen LogP contribution is -2.41. The molecule has 0 aliphatic carbocycles. The van der Waals surface area contributed by atoms with Gasteiger partial charge in [-0.05, 0) is 13.1 Å². The minimum absolute atomic E-state index is 0.0178. The lowest BCUT2D eigenvalue weighted by Gasteiger charge is -2.30. The summed E-state index contributed by atoms with van der Waals surface area (Å²) >= 11 is 6.00. The molecule has 7 heteroatoms. The fourth-order valence-electron chi connectivity index (χ4n) is 1.80. The summed E-state index contributed by atoms with van der Waals surface area (Å²) < 4.78 is 0. The molecule has 0 aromatic heterocycles. The zero-order valence-corrected chi connectivity index (χ0v) is 11.4. The maximum absolute atomic E-state index is 10.7. The topological polar surface area (TPSA) is 62.0 Å². The normalized spacial score (nSPS) is 17.1. The molecule has 1 fully saturated rings. The highest BCUT2D eigenvalue weighted by molar-refractivity contribution is 6.33. The van der Waals surface area contributed by atoms with Crippen molar-refractivity contribution in [2.24, 2.45) is 5.10 Å². The van der Waals surface area contributed by atoms with Gasteiger partial charge in [0.1, 0.15) is 0 Å². The summed E-state index contributed by atoms with van der Waals surface area (Å²) in [6, 6.07) is 4.34. The van der Waals surface area contributed by atoms with Crippen molar-refractivity contribution in [1.29, 1.82) is 0 Å². The van der Waals surface area contributed by atoms with E-state index in [1.807, 2.05) is 5.01 Å². The monoisotopic (exact) mass is 282 g/mol. The van der Waals surface area contributed by atoms with E-state index in [9.17, 15) is 10.1 Å². The molecule has 0 spiro atoms. The van der Waals surface area contributed by atoms with Gasteiger partial charge in [0.2, 0.25) is 0 Å². The van der Waals surface area contributed by atoms with E-state index >= 15 is 0 Å². The number of nitro benzene ring substituents is 1. The summed E-state index contributed by atoms with van der Waals surface area (Å²) in [7, 11) is 2.07. The molecule has 0 unspecified atom stereocenters. The van der Waals surface area contributed by atoms with Crippen molar-refractivity contribution in [2.75, 3.05) is 33.2 Å². The molecule has 1 aromatic carbocycles. The molecule has 0 amide bonds. The van der Waals surface area contributed by atoms with Gasteiger partial charge in [0.25, 0.3) is 5.69 Å². The van der Waals surface area contributed by atoms with E-state index < -0.39 is 4.92 Å². The van der Waals surface area contributed by atoms with Crippen LogP contribution in [0.2, 0.25) is 5.02 Å². The van der Waals surface area contributed by atoms with Crippen LogP contribution in [0.3, 0.4) is 0 Å². The van der Waals surface area contributed by atoms with Crippen molar-refractivity contribution in [3.8, 4) is 0 Å². The largest absolute Gasteiger partial charge is 0.303 e. The van der Waals surface area contributed by atoms with Gasteiger partial charge in [0, 0.05) is 48.9 Å². The van der Waals surface area contributed by atoms with Gasteiger partial charge < -0.3 is 4.90 Å². The SMILES string of the molecule is CN1CCN(/N=C/c2cc([N+](=O)[O-])ccc2Cl)CC1. The van der Waals surface area contributed by atoms with Crippen LogP contribution in [0.1, 0.15) is 5.56 Å². The Morgan fingerprint density at radius 2 is 2.05 bits per heavy atom. The van der Waals surface area contributed by atoms with Crippen LogP contribution < -0.4 is 0 Å². The quantitative estimate of drug-likeness (QED) is 0.482. The first-order valence-electron chi connectivity index (χ1n) is 5.97. The number of benzene rings is 1. The Labute approximate surface area is 116 Å². The molecule has 0 bridgehead atoms. The Bertz CT molecular complexity index is 499. The van der Waals surface area contributed by atoms with Gasteiger partial charge in [0.05, 0.1) is 11.1 Å². The predicted molar refractivity (Wildman–Crippen MR) is 74.8 cm³/mol. The molecule has 1 heterocycles. The van der Waals surface area contributed by atoms with Gasteiger partial charge in [-0.15, -0.1) is 0 Å². The van der Waals surface area contributed by atoms with Crippen molar-refractivity contribution >= 4 is 23.5 Å². The highest BCUT2D eigenvalue weighted by Gasteiger charge is 2.12. The Balaban J connectivity index is 2.09. The van der Waals surface area contributed by atoms with E-state index in [1.54, 1.807) is 6.21 Å². The first-order valence-corrected chi connectivity index (χ1v) is 6.35. The van der Waals surface area contributed by atoms with E-state index in [-0.39, 0.29) is 5.69 Å². The van der Waals surface area contributed by atoms with Gasteiger partial charge in [-0.3, -0.25) is 15.1 Å². The Morgan fingerprint density at radius 1 is 1.37 bits per heavy atom. The van der Waals surface area contributed by atoms with Gasteiger partial charge >= 0.3 is 0 Å². The Kier molecular flexibility index (Phi) is 4.34. The summed E-state index contributed by atoms with van der Waals surface area (Å²) in [5.74, 6) is 0. The number of piperazine rings is 1. The Hall–Kier alpha value is -1.66. The van der Waals surface area contributed by atoms with Gasteiger partial charge in [-0.1, -0.05) is 11.6 Å². The van der Waals surface area contributed by atoms with Crippen LogP contribution in [0.15, 0.2) is 23.3 Å². The summed E-state index contributed by atoms with van der Waals surface area (Å²) in [6.45, 7) is 3.61. The molecule has 1 saturated heterocycles. The lowest BCUT2D eigenvalue weighted by atomic mass is 10.2. The number of hydrogen-bond donors (Lipinski definition) is 0. The number of hydrogen-bond acceptors (Lipinski definition) is 5. The number of likely N-dealkylation sites (N-methyl/N-ethyl adjacent to an activating group) is 1. The van der Waals surface area contributed by atoms with Crippen LogP contribution in [0.25, 0.3) is 0 Å². The number of halogens is 1. The highest BCUT2D eigenvalue weighted by Crippen LogP contribution is 2.20. The van der Waals surface area contributed by atoms with Crippen LogP contribution in [0.5, 0.6) is 0 Å². The summed E-state index contributed by atoms with van der Waals surface area (Å²) in [4.78, 5) is 12.5. The third-order valence-corrected chi connectivity index (χ3v) is 3.37. The van der Waals surface area contributed by atoms with Crippen molar-refractivity contribution in [2.45, 2.75) is 0 Å². The number of hydrazone groups is 1. The maximum atomic E-state index is 10.7. The summed E-state index contributed by atoms with van der Waals surface area (Å²) in [5, 5.41) is 17.4. The number of non-ortho nitro benzene ring substituents is 1.